The molecule has 0 spiro atoms. The van der Waals surface area contributed by atoms with E-state index < -0.39 is 6.10 Å². The second-order valence-electron chi connectivity index (χ2n) is 4.17. The van der Waals surface area contributed by atoms with Gasteiger partial charge in [-0.25, -0.2) is 0 Å². The van der Waals surface area contributed by atoms with Crippen molar-refractivity contribution >= 4 is 0 Å². The van der Waals surface area contributed by atoms with Crippen molar-refractivity contribution in [2.24, 2.45) is 0 Å². The Labute approximate surface area is 94.5 Å². The third-order valence-electron chi connectivity index (χ3n) is 3.38. The Morgan fingerprint density at radius 3 is 2.81 bits per heavy atom. The molecule has 0 saturated carbocycles. The molecule has 1 aliphatic carbocycles. The summed E-state index contributed by atoms with van der Waals surface area (Å²) >= 11 is 0. The Morgan fingerprint density at radius 2 is 2.19 bits per heavy atom. The molecule has 2 atom stereocenters. The summed E-state index contributed by atoms with van der Waals surface area (Å²) in [5, 5.41) is 32.0. The lowest BCUT2D eigenvalue weighted by Crippen LogP contribution is -2.36. The van der Waals surface area contributed by atoms with Gasteiger partial charge in [0.25, 0.3) is 0 Å². The predicted octanol–water partition coefficient (Wildman–Crippen LogP) is 0.452. The number of nitrogens with one attached hydrogen (secondary N) is 1. The van der Waals surface area contributed by atoms with Gasteiger partial charge in [0.2, 0.25) is 0 Å². The average Bonchev–Trinajstić information content (AvgIpc) is 2.29. The topological polar surface area (TPSA) is 72.7 Å². The zero-order chi connectivity index (χ0) is 11.7. The zero-order valence-electron chi connectivity index (χ0n) is 9.27. The van der Waals surface area contributed by atoms with E-state index in [0.717, 1.165) is 24.0 Å². The van der Waals surface area contributed by atoms with E-state index in [1.807, 2.05) is 7.05 Å². The third kappa shape index (κ3) is 1.69. The lowest BCUT2D eigenvalue weighted by atomic mass is 9.83. The Morgan fingerprint density at radius 1 is 1.44 bits per heavy atom. The first-order chi connectivity index (χ1) is 7.69. The molecule has 4 nitrogen and oxygen atoms in total. The summed E-state index contributed by atoms with van der Waals surface area (Å²) < 4.78 is 0. The highest BCUT2D eigenvalue weighted by atomic mass is 16.3. The van der Waals surface area contributed by atoms with E-state index in [1.54, 1.807) is 6.07 Å². The van der Waals surface area contributed by atoms with Crippen LogP contribution in [-0.4, -0.2) is 28.4 Å². The van der Waals surface area contributed by atoms with Crippen molar-refractivity contribution in [1.82, 2.24) is 5.32 Å². The molecule has 1 aliphatic rings. The Hall–Kier alpha value is -1.10. The van der Waals surface area contributed by atoms with E-state index in [1.165, 1.54) is 6.07 Å². The van der Waals surface area contributed by atoms with Crippen LogP contribution in [0.2, 0.25) is 0 Å². The molecular weight excluding hydrogens is 206 g/mol. The van der Waals surface area contributed by atoms with E-state index in [2.05, 4.69) is 5.32 Å². The Kier molecular flexibility index (Phi) is 3.14. The molecule has 2 rings (SSSR count). The van der Waals surface area contributed by atoms with Gasteiger partial charge in [0.1, 0.15) is 5.75 Å². The number of hydrogen-bond donors (Lipinski definition) is 4. The summed E-state index contributed by atoms with van der Waals surface area (Å²) in [5.41, 5.74) is 2.25. The van der Waals surface area contributed by atoms with Gasteiger partial charge in [-0.05, 0) is 37.1 Å². The quantitative estimate of drug-likeness (QED) is 0.587. The van der Waals surface area contributed by atoms with Crippen molar-refractivity contribution in [1.29, 1.82) is 0 Å². The summed E-state index contributed by atoms with van der Waals surface area (Å²) in [6.45, 7) is -0.189. The maximum Gasteiger partial charge on any atom is 0.121 e. The Bertz CT molecular complexity index is 392. The van der Waals surface area contributed by atoms with Gasteiger partial charge in [0, 0.05) is 11.6 Å². The van der Waals surface area contributed by atoms with Gasteiger partial charge in [-0.15, -0.1) is 0 Å². The molecule has 4 heteroatoms. The number of benzene rings is 1. The highest BCUT2D eigenvalue weighted by Gasteiger charge is 2.28. The SMILES string of the molecule is CN[C@@H]1CCc2c(ccc(O)c2CO)C1O. The molecule has 0 bridgehead atoms. The molecule has 0 aromatic heterocycles. The lowest BCUT2D eigenvalue weighted by Gasteiger charge is -2.31. The minimum atomic E-state index is -0.570. The highest BCUT2D eigenvalue weighted by molar-refractivity contribution is 5.46. The first-order valence-corrected chi connectivity index (χ1v) is 5.48. The summed E-state index contributed by atoms with van der Waals surface area (Å²) in [7, 11) is 1.83. The van der Waals surface area contributed by atoms with E-state index >= 15 is 0 Å². The van der Waals surface area contributed by atoms with Gasteiger partial charge >= 0.3 is 0 Å². The zero-order valence-corrected chi connectivity index (χ0v) is 9.27. The molecule has 88 valence electrons. The van der Waals surface area contributed by atoms with Crippen LogP contribution in [0.25, 0.3) is 0 Å². The monoisotopic (exact) mass is 223 g/mol. The van der Waals surface area contributed by atoms with Crippen LogP contribution in [-0.2, 0) is 13.0 Å². The van der Waals surface area contributed by atoms with E-state index in [9.17, 15) is 15.3 Å². The smallest absolute Gasteiger partial charge is 0.121 e. The molecule has 4 N–H and O–H groups in total. The van der Waals surface area contributed by atoms with Crippen molar-refractivity contribution in [2.45, 2.75) is 31.6 Å². The summed E-state index contributed by atoms with van der Waals surface area (Å²) in [5.74, 6) is 0.108. The van der Waals surface area contributed by atoms with Crippen molar-refractivity contribution < 1.29 is 15.3 Å². The fourth-order valence-electron chi connectivity index (χ4n) is 2.42. The van der Waals surface area contributed by atoms with E-state index in [-0.39, 0.29) is 18.4 Å². The second-order valence-corrected chi connectivity index (χ2v) is 4.17. The van der Waals surface area contributed by atoms with Crippen molar-refractivity contribution in [3.8, 4) is 5.75 Å². The van der Waals surface area contributed by atoms with Gasteiger partial charge in [-0.3, -0.25) is 0 Å². The van der Waals surface area contributed by atoms with Gasteiger partial charge in [0.05, 0.1) is 12.7 Å². The molecule has 1 aromatic rings. The molecule has 0 amide bonds. The number of aromatic hydroxyl groups is 1. The normalized spacial score (nSPS) is 24.2. The van der Waals surface area contributed by atoms with Crippen molar-refractivity contribution in [2.75, 3.05) is 7.05 Å². The molecule has 0 aliphatic heterocycles. The lowest BCUT2D eigenvalue weighted by molar-refractivity contribution is 0.118. The number of aliphatic hydroxyl groups excluding tert-OH is 2. The maximum atomic E-state index is 10.1. The number of likely N-dealkylation sites (N-methyl/N-ethyl adjacent to an activating group) is 1. The summed E-state index contributed by atoms with van der Waals surface area (Å²) in [6.07, 6.45) is 1.00. The first-order valence-electron chi connectivity index (χ1n) is 5.48. The van der Waals surface area contributed by atoms with Crippen LogP contribution in [0.4, 0.5) is 0 Å². The predicted molar refractivity (Wildman–Crippen MR) is 60.2 cm³/mol. The molecule has 1 unspecified atom stereocenters. The average molecular weight is 223 g/mol. The van der Waals surface area contributed by atoms with Gasteiger partial charge < -0.3 is 20.6 Å². The van der Waals surface area contributed by atoms with E-state index in [0.29, 0.717) is 5.56 Å². The van der Waals surface area contributed by atoms with Crippen molar-refractivity contribution in [3.63, 3.8) is 0 Å². The number of aliphatic hydroxyl groups is 2. The molecule has 16 heavy (non-hydrogen) atoms. The van der Waals surface area contributed by atoms with Crippen LogP contribution >= 0.6 is 0 Å². The number of phenols is 1. The Balaban J connectivity index is 2.47. The third-order valence-corrected chi connectivity index (χ3v) is 3.38. The first kappa shape index (κ1) is 11.4. The number of hydrogen-bond acceptors (Lipinski definition) is 4. The standard InChI is InChI=1S/C12H17NO3/c1-13-10-4-2-7-8(12(10)16)3-5-11(15)9(7)6-14/h3,5,10,12-16H,2,4,6H2,1H3/t10-,12?/m1/s1. The van der Waals surface area contributed by atoms with E-state index in [4.69, 9.17) is 0 Å². The van der Waals surface area contributed by atoms with Crippen LogP contribution in [0.5, 0.6) is 5.75 Å². The molecular formula is C12H17NO3. The maximum absolute atomic E-state index is 10.1. The molecule has 0 fully saturated rings. The van der Waals surface area contributed by atoms with Crippen LogP contribution < -0.4 is 5.32 Å². The van der Waals surface area contributed by atoms with Gasteiger partial charge in [-0.2, -0.15) is 0 Å². The van der Waals surface area contributed by atoms with Crippen LogP contribution in [0.3, 0.4) is 0 Å². The fourth-order valence-corrected chi connectivity index (χ4v) is 2.42. The number of rotatable bonds is 2. The second kappa shape index (κ2) is 4.41. The molecule has 0 heterocycles. The fraction of sp³-hybridized carbons (Fsp3) is 0.500. The van der Waals surface area contributed by atoms with Crippen molar-refractivity contribution in [3.05, 3.63) is 28.8 Å². The minimum absolute atomic E-state index is 0.0450. The summed E-state index contributed by atoms with van der Waals surface area (Å²) in [6, 6.07) is 3.31. The number of fused-ring (bicyclic) bond motifs is 1. The summed E-state index contributed by atoms with van der Waals surface area (Å²) in [4.78, 5) is 0. The van der Waals surface area contributed by atoms with Crippen LogP contribution in [0.15, 0.2) is 12.1 Å². The van der Waals surface area contributed by atoms with Gasteiger partial charge in [0.15, 0.2) is 0 Å². The largest absolute Gasteiger partial charge is 0.508 e. The van der Waals surface area contributed by atoms with Gasteiger partial charge in [-0.1, -0.05) is 6.07 Å². The molecule has 1 aromatic carbocycles. The minimum Gasteiger partial charge on any atom is -0.508 e. The highest BCUT2D eigenvalue weighted by Crippen LogP contribution is 2.35. The molecule has 0 saturated heterocycles. The van der Waals surface area contributed by atoms with Crippen LogP contribution in [0.1, 0.15) is 29.2 Å². The molecule has 0 radical (unpaired) electrons. The van der Waals surface area contributed by atoms with Crippen LogP contribution in [0, 0.1) is 0 Å².